The lowest BCUT2D eigenvalue weighted by Crippen LogP contribution is -2.41. The monoisotopic (exact) mass is 405 g/mol. The van der Waals surface area contributed by atoms with Crippen molar-refractivity contribution in [1.29, 1.82) is 0 Å². The van der Waals surface area contributed by atoms with Gasteiger partial charge in [0.15, 0.2) is 0 Å². The lowest BCUT2D eigenvalue weighted by atomic mass is 10.2. The number of amides is 1. The molecule has 1 heterocycles. The molecule has 0 radical (unpaired) electrons. The standard InChI is InChI=1S/C17H13BrFN3O3/c1-9(15(23)20-14-7-6-10(18)8-12(14)19)22-16(24)11-4-2-3-5-13(11)21-17(22)25/h2-9H,1H3,(H,20,23)(H,21,25)/t9-/m0/s1. The largest absolute Gasteiger partial charge is 0.329 e. The Morgan fingerprint density at radius 2 is 1.96 bits per heavy atom. The predicted molar refractivity (Wildman–Crippen MR) is 96.3 cm³/mol. The first kappa shape index (κ1) is 17.1. The number of para-hydroxylation sites is 1. The quantitative estimate of drug-likeness (QED) is 0.702. The Bertz CT molecular complexity index is 1090. The maximum Gasteiger partial charge on any atom is 0.329 e. The molecule has 0 aliphatic carbocycles. The number of aromatic amines is 1. The van der Waals surface area contributed by atoms with E-state index in [0.717, 1.165) is 4.57 Å². The Morgan fingerprint density at radius 1 is 1.24 bits per heavy atom. The minimum Gasteiger partial charge on any atom is -0.322 e. The fourth-order valence-electron chi connectivity index (χ4n) is 2.47. The van der Waals surface area contributed by atoms with Crippen LogP contribution in [-0.2, 0) is 4.79 Å². The van der Waals surface area contributed by atoms with Gasteiger partial charge in [0.25, 0.3) is 5.56 Å². The molecule has 1 amide bonds. The Balaban J connectivity index is 1.99. The van der Waals surface area contributed by atoms with Gasteiger partial charge in [-0.3, -0.25) is 9.59 Å². The van der Waals surface area contributed by atoms with E-state index in [4.69, 9.17) is 0 Å². The number of fused-ring (bicyclic) bond motifs is 1. The van der Waals surface area contributed by atoms with Crippen molar-refractivity contribution in [2.45, 2.75) is 13.0 Å². The van der Waals surface area contributed by atoms with Gasteiger partial charge in [-0.2, -0.15) is 0 Å². The van der Waals surface area contributed by atoms with E-state index in [1.165, 1.54) is 19.1 Å². The van der Waals surface area contributed by atoms with Gasteiger partial charge < -0.3 is 10.3 Å². The zero-order valence-corrected chi connectivity index (χ0v) is 14.6. The van der Waals surface area contributed by atoms with Crippen molar-refractivity contribution in [1.82, 2.24) is 9.55 Å². The van der Waals surface area contributed by atoms with Gasteiger partial charge in [0.1, 0.15) is 11.9 Å². The number of benzene rings is 2. The fourth-order valence-corrected chi connectivity index (χ4v) is 2.81. The summed E-state index contributed by atoms with van der Waals surface area (Å²) in [5, 5.41) is 2.68. The van der Waals surface area contributed by atoms with E-state index >= 15 is 0 Å². The van der Waals surface area contributed by atoms with Gasteiger partial charge in [0.2, 0.25) is 5.91 Å². The van der Waals surface area contributed by atoms with Crippen molar-refractivity contribution >= 4 is 38.4 Å². The molecule has 0 bridgehead atoms. The molecule has 0 fully saturated rings. The van der Waals surface area contributed by atoms with Gasteiger partial charge in [0.05, 0.1) is 16.6 Å². The summed E-state index contributed by atoms with van der Waals surface area (Å²) in [6.07, 6.45) is 0. The van der Waals surface area contributed by atoms with E-state index in [1.54, 1.807) is 30.3 Å². The normalized spacial score (nSPS) is 12.1. The Morgan fingerprint density at radius 3 is 2.68 bits per heavy atom. The number of carbonyl (C=O) groups is 1. The van der Waals surface area contributed by atoms with Crippen molar-refractivity contribution in [3.8, 4) is 0 Å². The van der Waals surface area contributed by atoms with Gasteiger partial charge in [-0.15, -0.1) is 0 Å². The summed E-state index contributed by atoms with van der Waals surface area (Å²) in [6, 6.07) is 9.55. The van der Waals surface area contributed by atoms with Crippen LogP contribution in [0.2, 0.25) is 0 Å². The first-order chi connectivity index (χ1) is 11.9. The average Bonchev–Trinajstić information content (AvgIpc) is 2.57. The van der Waals surface area contributed by atoms with E-state index < -0.39 is 29.0 Å². The van der Waals surface area contributed by atoms with Crippen LogP contribution in [0.3, 0.4) is 0 Å². The van der Waals surface area contributed by atoms with Gasteiger partial charge in [-0.1, -0.05) is 28.1 Å². The Kier molecular flexibility index (Phi) is 4.54. The molecule has 6 nitrogen and oxygen atoms in total. The number of hydrogen-bond donors (Lipinski definition) is 2. The van der Waals surface area contributed by atoms with Gasteiger partial charge in [0, 0.05) is 4.47 Å². The third-order valence-corrected chi connectivity index (χ3v) is 4.29. The summed E-state index contributed by atoms with van der Waals surface area (Å²) >= 11 is 3.13. The van der Waals surface area contributed by atoms with Crippen LogP contribution in [0.4, 0.5) is 10.1 Å². The molecule has 25 heavy (non-hydrogen) atoms. The molecule has 0 aliphatic rings. The van der Waals surface area contributed by atoms with Crippen LogP contribution in [0, 0.1) is 5.82 Å². The lowest BCUT2D eigenvalue weighted by Gasteiger charge is -2.15. The molecule has 0 saturated carbocycles. The van der Waals surface area contributed by atoms with Crippen LogP contribution in [0.25, 0.3) is 10.9 Å². The molecule has 0 saturated heterocycles. The van der Waals surface area contributed by atoms with Crippen LogP contribution in [0.1, 0.15) is 13.0 Å². The van der Waals surface area contributed by atoms with Gasteiger partial charge in [-0.05, 0) is 37.3 Å². The highest BCUT2D eigenvalue weighted by atomic mass is 79.9. The van der Waals surface area contributed by atoms with Crippen molar-refractivity contribution in [2.24, 2.45) is 0 Å². The molecule has 3 rings (SSSR count). The van der Waals surface area contributed by atoms with Crippen LogP contribution in [-0.4, -0.2) is 15.5 Å². The zero-order valence-electron chi connectivity index (χ0n) is 13.0. The van der Waals surface area contributed by atoms with Crippen molar-refractivity contribution in [3.63, 3.8) is 0 Å². The third-order valence-electron chi connectivity index (χ3n) is 3.79. The number of nitrogens with one attached hydrogen (secondary N) is 2. The molecule has 0 unspecified atom stereocenters. The Labute approximate surface area is 149 Å². The van der Waals surface area contributed by atoms with E-state index in [2.05, 4.69) is 26.2 Å². The number of rotatable bonds is 3. The molecule has 0 aliphatic heterocycles. The lowest BCUT2D eigenvalue weighted by molar-refractivity contribution is -0.119. The summed E-state index contributed by atoms with van der Waals surface area (Å²) in [4.78, 5) is 39.7. The highest BCUT2D eigenvalue weighted by molar-refractivity contribution is 9.10. The molecule has 1 aromatic heterocycles. The van der Waals surface area contributed by atoms with Crippen LogP contribution in [0.15, 0.2) is 56.5 Å². The van der Waals surface area contributed by atoms with Gasteiger partial charge >= 0.3 is 5.69 Å². The molecule has 0 spiro atoms. The first-order valence-electron chi connectivity index (χ1n) is 7.38. The highest BCUT2D eigenvalue weighted by Gasteiger charge is 2.21. The summed E-state index contributed by atoms with van der Waals surface area (Å²) in [5.41, 5.74) is -0.938. The van der Waals surface area contributed by atoms with E-state index in [-0.39, 0.29) is 11.1 Å². The molecule has 128 valence electrons. The second kappa shape index (κ2) is 6.64. The molecule has 8 heteroatoms. The number of H-pyrrole nitrogens is 1. The maximum atomic E-state index is 13.9. The number of anilines is 1. The fraction of sp³-hybridized carbons (Fsp3) is 0.118. The average molecular weight is 406 g/mol. The van der Waals surface area contributed by atoms with Gasteiger partial charge in [-0.25, -0.2) is 13.8 Å². The summed E-state index contributed by atoms with van der Waals surface area (Å²) in [7, 11) is 0. The molecular formula is C17H13BrFN3O3. The first-order valence-corrected chi connectivity index (χ1v) is 8.17. The number of nitrogens with zero attached hydrogens (tertiary/aromatic N) is 1. The maximum absolute atomic E-state index is 13.9. The minimum atomic E-state index is -1.12. The van der Waals surface area contributed by atoms with Crippen LogP contribution >= 0.6 is 15.9 Å². The van der Waals surface area contributed by atoms with Crippen molar-refractivity contribution in [3.05, 3.63) is 73.6 Å². The Hall–Kier alpha value is -2.74. The second-order valence-electron chi connectivity index (χ2n) is 5.44. The zero-order chi connectivity index (χ0) is 18.1. The molecular weight excluding hydrogens is 393 g/mol. The third kappa shape index (κ3) is 3.25. The molecule has 1 atom stereocenters. The molecule has 3 aromatic rings. The topological polar surface area (TPSA) is 84.0 Å². The summed E-state index contributed by atoms with van der Waals surface area (Å²) < 4.78 is 15.2. The summed E-state index contributed by atoms with van der Waals surface area (Å²) in [6.45, 7) is 1.40. The SMILES string of the molecule is C[C@@H](C(=O)Nc1ccc(Br)cc1F)n1c(=O)[nH]c2ccccc2c1=O. The van der Waals surface area contributed by atoms with E-state index in [0.29, 0.717) is 9.99 Å². The van der Waals surface area contributed by atoms with E-state index in [9.17, 15) is 18.8 Å². The second-order valence-corrected chi connectivity index (χ2v) is 6.36. The number of carbonyl (C=O) groups excluding carboxylic acids is 1. The highest BCUT2D eigenvalue weighted by Crippen LogP contribution is 2.20. The number of aromatic nitrogens is 2. The molecule has 2 N–H and O–H groups in total. The minimum absolute atomic E-state index is 0.0367. The van der Waals surface area contributed by atoms with Crippen molar-refractivity contribution in [2.75, 3.05) is 5.32 Å². The number of hydrogen-bond acceptors (Lipinski definition) is 3. The van der Waals surface area contributed by atoms with Crippen LogP contribution < -0.4 is 16.6 Å². The predicted octanol–water partition coefficient (Wildman–Crippen LogP) is 2.79. The summed E-state index contributed by atoms with van der Waals surface area (Å²) in [5.74, 6) is -1.31. The van der Waals surface area contributed by atoms with E-state index in [1.807, 2.05) is 0 Å². The molecule has 2 aromatic carbocycles. The number of halogens is 2. The van der Waals surface area contributed by atoms with Crippen LogP contribution in [0.5, 0.6) is 0 Å². The van der Waals surface area contributed by atoms with Crippen molar-refractivity contribution < 1.29 is 9.18 Å². The smallest absolute Gasteiger partial charge is 0.322 e.